The highest BCUT2D eigenvalue weighted by molar-refractivity contribution is 7.93. The van der Waals surface area contributed by atoms with Gasteiger partial charge in [-0.15, -0.1) is 0 Å². The number of amidine groups is 1. The Kier molecular flexibility index (Phi) is 8.03. The summed E-state index contributed by atoms with van der Waals surface area (Å²) in [6.45, 7) is 5.50. The highest BCUT2D eigenvalue weighted by Crippen LogP contribution is 2.18. The lowest BCUT2D eigenvalue weighted by atomic mass is 10.1. The van der Waals surface area contributed by atoms with Crippen LogP contribution in [0, 0.1) is 5.41 Å². The summed E-state index contributed by atoms with van der Waals surface area (Å²) in [6, 6.07) is 8.05. The predicted octanol–water partition coefficient (Wildman–Crippen LogP) is 1.72. The van der Waals surface area contributed by atoms with Crippen molar-refractivity contribution in [3.8, 4) is 5.75 Å². The van der Waals surface area contributed by atoms with Crippen LogP contribution in [0.3, 0.4) is 0 Å². The van der Waals surface area contributed by atoms with Gasteiger partial charge in [0, 0.05) is 19.5 Å². The molecule has 0 aliphatic carbocycles. The molecule has 170 valence electrons. The van der Waals surface area contributed by atoms with Crippen LogP contribution in [0.2, 0.25) is 0 Å². The lowest BCUT2D eigenvalue weighted by Gasteiger charge is -2.26. The molecule has 2 aliphatic heterocycles. The molecule has 0 saturated carbocycles. The van der Waals surface area contributed by atoms with Crippen molar-refractivity contribution in [3.05, 3.63) is 29.8 Å². The van der Waals surface area contributed by atoms with E-state index in [1.165, 1.54) is 24.8 Å². The smallest absolute Gasteiger partial charge is 0.332 e. The van der Waals surface area contributed by atoms with Crippen LogP contribution in [0.25, 0.3) is 0 Å². The zero-order valence-electron chi connectivity index (χ0n) is 17.8. The second-order valence-corrected chi connectivity index (χ2v) is 9.37. The van der Waals surface area contributed by atoms with Gasteiger partial charge in [0.25, 0.3) is 10.0 Å². The van der Waals surface area contributed by atoms with Gasteiger partial charge in [-0.3, -0.25) is 24.8 Å². The maximum atomic E-state index is 12.1. The predicted molar refractivity (Wildman–Crippen MR) is 118 cm³/mol. The number of likely N-dealkylation sites (tertiary alicyclic amines) is 1. The minimum absolute atomic E-state index is 0.0428. The second kappa shape index (κ2) is 10.7. The highest BCUT2D eigenvalue weighted by Gasteiger charge is 2.47. The first kappa shape index (κ1) is 23.2. The Hall–Kier alpha value is -2.46. The van der Waals surface area contributed by atoms with E-state index in [9.17, 15) is 13.2 Å². The van der Waals surface area contributed by atoms with Gasteiger partial charge in [0.05, 0.1) is 13.2 Å². The van der Waals surface area contributed by atoms with E-state index >= 15 is 0 Å². The van der Waals surface area contributed by atoms with Crippen molar-refractivity contribution in [1.29, 1.82) is 5.41 Å². The standard InChI is InChI=1S/C21H30N4O5S/c1-2-29-21(26)19-18(22)20(24-31(19,27)28)23-10-7-13-30-17-9-6-8-16(14-17)15-25-11-4-3-5-12-25/h6,8-9,14,19,22H,2-5,7,10-13,15H2,1H3,(H,23,24). The molecule has 1 aromatic rings. The number of carbonyl (C=O) groups excluding carboxylic acids is 1. The van der Waals surface area contributed by atoms with Gasteiger partial charge in [-0.05, 0) is 50.6 Å². The highest BCUT2D eigenvalue weighted by atomic mass is 32.2. The minimum Gasteiger partial charge on any atom is -0.494 e. The first-order valence-corrected chi connectivity index (χ1v) is 12.2. The van der Waals surface area contributed by atoms with Gasteiger partial charge >= 0.3 is 5.97 Å². The number of aliphatic imine (C=N–C) groups is 1. The largest absolute Gasteiger partial charge is 0.494 e. The zero-order valence-corrected chi connectivity index (χ0v) is 18.6. The van der Waals surface area contributed by atoms with Crippen molar-refractivity contribution in [2.24, 2.45) is 4.99 Å². The van der Waals surface area contributed by atoms with Gasteiger partial charge < -0.3 is 9.47 Å². The third kappa shape index (κ3) is 6.27. The molecule has 2 saturated heterocycles. The fourth-order valence-electron chi connectivity index (χ4n) is 3.66. The Balaban J connectivity index is 1.47. The van der Waals surface area contributed by atoms with Crippen LogP contribution in [0.4, 0.5) is 0 Å². The van der Waals surface area contributed by atoms with Crippen LogP contribution < -0.4 is 9.46 Å². The topological polar surface area (TPSA) is 121 Å². The Bertz CT molecular complexity index is 925. The number of sulfonamides is 1. The van der Waals surface area contributed by atoms with Crippen molar-refractivity contribution in [3.63, 3.8) is 0 Å². The average molecular weight is 451 g/mol. The third-order valence-corrected chi connectivity index (χ3v) is 6.69. The number of nitrogens with one attached hydrogen (secondary N) is 2. The molecule has 31 heavy (non-hydrogen) atoms. The van der Waals surface area contributed by atoms with E-state index in [1.54, 1.807) is 6.92 Å². The first-order valence-electron chi connectivity index (χ1n) is 10.7. The molecule has 2 aliphatic rings. The molecular formula is C21H30N4O5S. The van der Waals surface area contributed by atoms with Gasteiger partial charge in [0.2, 0.25) is 5.25 Å². The van der Waals surface area contributed by atoms with Crippen molar-refractivity contribution in [1.82, 2.24) is 9.62 Å². The van der Waals surface area contributed by atoms with E-state index in [2.05, 4.69) is 20.7 Å². The summed E-state index contributed by atoms with van der Waals surface area (Å²) in [6.07, 6.45) is 4.37. The van der Waals surface area contributed by atoms with E-state index in [-0.39, 0.29) is 24.7 Å². The minimum atomic E-state index is -4.02. The van der Waals surface area contributed by atoms with E-state index in [0.717, 1.165) is 25.4 Å². The molecule has 1 unspecified atom stereocenters. The quantitative estimate of drug-likeness (QED) is 0.437. The van der Waals surface area contributed by atoms with E-state index in [4.69, 9.17) is 14.9 Å². The molecule has 0 aromatic heterocycles. The summed E-state index contributed by atoms with van der Waals surface area (Å²) in [5.41, 5.74) is 0.836. The number of esters is 1. The molecule has 0 radical (unpaired) electrons. The Morgan fingerprint density at radius 1 is 1.29 bits per heavy atom. The number of nitrogens with zero attached hydrogens (tertiary/aromatic N) is 2. The fraction of sp³-hybridized carbons (Fsp3) is 0.571. The third-order valence-electron chi connectivity index (χ3n) is 5.16. The molecule has 3 rings (SSSR count). The summed E-state index contributed by atoms with van der Waals surface area (Å²) in [7, 11) is -4.02. The van der Waals surface area contributed by atoms with Gasteiger partial charge in [0.15, 0.2) is 5.84 Å². The Morgan fingerprint density at radius 2 is 2.06 bits per heavy atom. The number of ether oxygens (including phenoxy) is 2. The van der Waals surface area contributed by atoms with Gasteiger partial charge in [-0.1, -0.05) is 18.6 Å². The molecule has 2 heterocycles. The summed E-state index contributed by atoms with van der Waals surface area (Å²) in [5.74, 6) is -0.279. The number of rotatable bonds is 9. The van der Waals surface area contributed by atoms with E-state index in [0.29, 0.717) is 13.0 Å². The Morgan fingerprint density at radius 3 is 2.81 bits per heavy atom. The van der Waals surface area contributed by atoms with Crippen molar-refractivity contribution in [2.75, 3.05) is 32.8 Å². The molecule has 10 heteroatoms. The van der Waals surface area contributed by atoms with Crippen molar-refractivity contribution >= 4 is 27.5 Å². The van der Waals surface area contributed by atoms with Crippen LogP contribution in [0.1, 0.15) is 38.2 Å². The van der Waals surface area contributed by atoms with Crippen LogP contribution >= 0.6 is 0 Å². The molecule has 2 fully saturated rings. The number of carbonyl (C=O) groups is 1. The number of piperidine rings is 1. The summed E-state index contributed by atoms with van der Waals surface area (Å²) >= 11 is 0. The lowest BCUT2D eigenvalue weighted by molar-refractivity contribution is -0.141. The number of hydrogen-bond donors (Lipinski definition) is 2. The molecule has 9 nitrogen and oxygen atoms in total. The van der Waals surface area contributed by atoms with E-state index < -0.39 is 21.2 Å². The monoisotopic (exact) mass is 450 g/mol. The van der Waals surface area contributed by atoms with Gasteiger partial charge in [-0.25, -0.2) is 8.42 Å². The molecule has 2 N–H and O–H groups in total. The molecule has 0 amide bonds. The normalized spacial score (nSPS) is 22.3. The molecule has 0 bridgehead atoms. The molecule has 1 aromatic carbocycles. The Labute approximate surface area is 183 Å². The van der Waals surface area contributed by atoms with Gasteiger partial charge in [-0.2, -0.15) is 0 Å². The maximum Gasteiger partial charge on any atom is 0.332 e. The van der Waals surface area contributed by atoms with Crippen LogP contribution in [-0.4, -0.2) is 68.9 Å². The molecule has 1 atom stereocenters. The summed E-state index contributed by atoms with van der Waals surface area (Å²) in [5, 5.41) is 6.30. The zero-order chi connectivity index (χ0) is 22.3. The molecule has 0 spiro atoms. The summed E-state index contributed by atoms with van der Waals surface area (Å²) < 4.78 is 36.9. The number of benzene rings is 1. The lowest BCUT2D eigenvalue weighted by Crippen LogP contribution is -2.35. The fourth-order valence-corrected chi connectivity index (χ4v) is 4.97. The second-order valence-electron chi connectivity index (χ2n) is 7.61. The van der Waals surface area contributed by atoms with Crippen LogP contribution in [0.5, 0.6) is 5.75 Å². The average Bonchev–Trinajstić information content (AvgIpc) is 2.97. The van der Waals surface area contributed by atoms with Crippen molar-refractivity contribution < 1.29 is 22.7 Å². The number of hydrogen-bond acceptors (Lipinski definition) is 8. The van der Waals surface area contributed by atoms with Gasteiger partial charge in [0.1, 0.15) is 11.5 Å². The summed E-state index contributed by atoms with van der Waals surface area (Å²) in [4.78, 5) is 18.4. The SMILES string of the molecule is CCOC(=O)C1C(=N)C(=NCCCOc2cccc(CN3CCCCC3)c2)NS1(=O)=O. The van der Waals surface area contributed by atoms with E-state index in [1.807, 2.05) is 18.2 Å². The molecular weight excluding hydrogens is 420 g/mol. The first-order chi connectivity index (χ1) is 14.9. The van der Waals surface area contributed by atoms with Crippen molar-refractivity contribution in [2.45, 2.75) is 44.4 Å². The van der Waals surface area contributed by atoms with Crippen LogP contribution in [-0.2, 0) is 26.1 Å². The van der Waals surface area contributed by atoms with Crippen LogP contribution in [0.15, 0.2) is 29.3 Å². The maximum absolute atomic E-state index is 12.1.